The van der Waals surface area contributed by atoms with Crippen LogP contribution in [0.1, 0.15) is 50.3 Å². The van der Waals surface area contributed by atoms with E-state index in [0.717, 1.165) is 16.0 Å². The zero-order chi connectivity index (χ0) is 22.1. The first-order valence-electron chi connectivity index (χ1n) is 10.7. The Morgan fingerprint density at radius 2 is 1.70 bits per heavy atom. The van der Waals surface area contributed by atoms with E-state index < -0.39 is 6.04 Å². The highest BCUT2D eigenvalue weighted by molar-refractivity contribution is 7.99. The van der Waals surface area contributed by atoms with Crippen LogP contribution in [0, 0.1) is 13.8 Å². The van der Waals surface area contributed by atoms with E-state index in [2.05, 4.69) is 36.5 Å². The molecule has 0 aliphatic heterocycles. The monoisotopic (exact) mass is 426 g/mol. The predicted molar refractivity (Wildman–Crippen MR) is 126 cm³/mol. The fourth-order valence-electron chi connectivity index (χ4n) is 3.31. The molecule has 2 rings (SSSR count). The van der Waals surface area contributed by atoms with Gasteiger partial charge in [0.05, 0.1) is 0 Å². The number of nitrogens with zero attached hydrogens (tertiary/aromatic N) is 1. The van der Waals surface area contributed by atoms with Gasteiger partial charge >= 0.3 is 0 Å². The molecule has 4 nitrogen and oxygen atoms in total. The summed E-state index contributed by atoms with van der Waals surface area (Å²) in [6.45, 7) is 10.4. The number of thioether (sulfide) groups is 1. The van der Waals surface area contributed by atoms with Gasteiger partial charge in [-0.15, -0.1) is 11.8 Å². The van der Waals surface area contributed by atoms with Crippen LogP contribution >= 0.6 is 11.8 Å². The molecule has 5 heteroatoms. The quantitative estimate of drug-likeness (QED) is 0.537. The van der Waals surface area contributed by atoms with E-state index in [9.17, 15) is 9.59 Å². The van der Waals surface area contributed by atoms with Crippen molar-refractivity contribution in [3.63, 3.8) is 0 Å². The molecule has 0 saturated carbocycles. The van der Waals surface area contributed by atoms with E-state index in [1.165, 1.54) is 5.56 Å². The summed E-state index contributed by atoms with van der Waals surface area (Å²) < 4.78 is 0. The van der Waals surface area contributed by atoms with E-state index >= 15 is 0 Å². The molecular weight excluding hydrogens is 392 g/mol. The number of nitrogens with one attached hydrogen (secondary N) is 1. The Morgan fingerprint density at radius 1 is 1.03 bits per heavy atom. The zero-order valence-corrected chi connectivity index (χ0v) is 19.6. The normalized spacial score (nSPS) is 11.9. The Bertz CT molecular complexity index is 833. The molecule has 1 atom stereocenters. The number of hydrogen-bond acceptors (Lipinski definition) is 3. The Morgan fingerprint density at radius 3 is 2.30 bits per heavy atom. The summed E-state index contributed by atoms with van der Waals surface area (Å²) in [7, 11) is 0. The van der Waals surface area contributed by atoms with Crippen LogP contribution in [0.3, 0.4) is 0 Å². The van der Waals surface area contributed by atoms with Crippen molar-refractivity contribution in [3.8, 4) is 0 Å². The number of hydrogen-bond donors (Lipinski definition) is 1. The maximum Gasteiger partial charge on any atom is 0.243 e. The van der Waals surface area contributed by atoms with Crippen molar-refractivity contribution in [2.24, 2.45) is 0 Å². The fraction of sp³-hybridized carbons (Fsp3) is 0.440. The van der Waals surface area contributed by atoms with Gasteiger partial charge < -0.3 is 10.2 Å². The summed E-state index contributed by atoms with van der Waals surface area (Å²) in [6, 6.07) is 15.9. The first kappa shape index (κ1) is 24.0. The summed E-state index contributed by atoms with van der Waals surface area (Å²) >= 11 is 1.67. The van der Waals surface area contributed by atoms with Crippen LogP contribution in [-0.2, 0) is 16.1 Å². The standard InChI is InChI=1S/C25H34N2O2S/c1-6-23(25(29)26-18(2)3)27(17-21-10-8-7-9-20(21)5)24(28)15-16-30-22-13-11-19(4)12-14-22/h7-14,18,23H,6,15-17H2,1-5H3,(H,26,29)/t23-/m1/s1. The summed E-state index contributed by atoms with van der Waals surface area (Å²) in [4.78, 5) is 29.0. The molecular formula is C25H34N2O2S. The second-order valence-electron chi connectivity index (χ2n) is 7.95. The van der Waals surface area contributed by atoms with Crippen molar-refractivity contribution in [2.45, 2.75) is 71.0 Å². The average Bonchev–Trinajstić information content (AvgIpc) is 2.70. The van der Waals surface area contributed by atoms with Gasteiger partial charge in [-0.05, 0) is 57.4 Å². The second-order valence-corrected chi connectivity index (χ2v) is 9.12. The van der Waals surface area contributed by atoms with E-state index in [1.54, 1.807) is 16.7 Å². The molecule has 162 valence electrons. The van der Waals surface area contributed by atoms with Gasteiger partial charge in [0.1, 0.15) is 6.04 Å². The molecule has 0 fully saturated rings. The second kappa shape index (κ2) is 11.8. The lowest BCUT2D eigenvalue weighted by Gasteiger charge is -2.31. The van der Waals surface area contributed by atoms with Gasteiger partial charge in [-0.1, -0.05) is 48.9 Å². The van der Waals surface area contributed by atoms with Crippen molar-refractivity contribution in [1.29, 1.82) is 0 Å². The van der Waals surface area contributed by atoms with Crippen LogP contribution < -0.4 is 5.32 Å². The third kappa shape index (κ3) is 7.21. The van der Waals surface area contributed by atoms with Crippen LogP contribution in [-0.4, -0.2) is 34.6 Å². The summed E-state index contributed by atoms with van der Waals surface area (Å²) in [6.07, 6.45) is 0.983. The predicted octanol–water partition coefficient (Wildman–Crippen LogP) is 5.12. The van der Waals surface area contributed by atoms with Crippen LogP contribution in [0.25, 0.3) is 0 Å². The number of aryl methyl sites for hydroxylation is 2. The molecule has 2 amide bonds. The lowest BCUT2D eigenvalue weighted by Crippen LogP contribution is -2.50. The number of amides is 2. The van der Waals surface area contributed by atoms with Gasteiger partial charge in [0.15, 0.2) is 0 Å². The van der Waals surface area contributed by atoms with E-state index in [4.69, 9.17) is 0 Å². The SMILES string of the molecule is CC[C@H](C(=O)NC(C)C)N(Cc1ccccc1C)C(=O)CCSc1ccc(C)cc1. The van der Waals surface area contributed by atoms with E-state index in [-0.39, 0.29) is 17.9 Å². The molecule has 0 aliphatic carbocycles. The molecule has 0 spiro atoms. The molecule has 1 N–H and O–H groups in total. The molecule has 30 heavy (non-hydrogen) atoms. The molecule has 2 aromatic carbocycles. The minimum Gasteiger partial charge on any atom is -0.352 e. The molecule has 0 unspecified atom stereocenters. The van der Waals surface area contributed by atoms with E-state index in [1.807, 2.05) is 52.0 Å². The van der Waals surface area contributed by atoms with E-state index in [0.29, 0.717) is 25.1 Å². The summed E-state index contributed by atoms with van der Waals surface area (Å²) in [5.41, 5.74) is 3.43. The van der Waals surface area contributed by atoms with Gasteiger partial charge in [-0.25, -0.2) is 0 Å². The molecule has 0 heterocycles. The Kier molecular flexibility index (Phi) is 9.44. The summed E-state index contributed by atoms with van der Waals surface area (Å²) in [5, 5.41) is 2.98. The topological polar surface area (TPSA) is 49.4 Å². The minimum atomic E-state index is -0.469. The molecule has 0 bridgehead atoms. The largest absolute Gasteiger partial charge is 0.352 e. The van der Waals surface area contributed by atoms with Gasteiger partial charge in [-0.3, -0.25) is 9.59 Å². The van der Waals surface area contributed by atoms with Gasteiger partial charge in [0.25, 0.3) is 0 Å². The first-order chi connectivity index (χ1) is 14.3. The van der Waals surface area contributed by atoms with Gasteiger partial charge in [0.2, 0.25) is 11.8 Å². The number of carbonyl (C=O) groups is 2. The fourth-order valence-corrected chi connectivity index (χ4v) is 4.15. The van der Waals surface area contributed by atoms with Crippen LogP contribution in [0.15, 0.2) is 53.4 Å². The smallest absolute Gasteiger partial charge is 0.243 e. The van der Waals surface area contributed by atoms with Crippen molar-refractivity contribution in [1.82, 2.24) is 10.2 Å². The number of benzene rings is 2. The maximum atomic E-state index is 13.2. The molecule has 0 saturated heterocycles. The van der Waals surface area contributed by atoms with Crippen molar-refractivity contribution < 1.29 is 9.59 Å². The molecule has 0 aromatic heterocycles. The molecule has 2 aromatic rings. The highest BCUT2D eigenvalue weighted by Gasteiger charge is 2.28. The zero-order valence-electron chi connectivity index (χ0n) is 18.8. The van der Waals surface area contributed by atoms with Crippen molar-refractivity contribution in [2.75, 3.05) is 5.75 Å². The molecule has 0 aliphatic rings. The van der Waals surface area contributed by atoms with Crippen molar-refractivity contribution >= 4 is 23.6 Å². The minimum absolute atomic E-state index is 0.0172. The van der Waals surface area contributed by atoms with Crippen LogP contribution in [0.5, 0.6) is 0 Å². The lowest BCUT2D eigenvalue weighted by molar-refractivity contribution is -0.141. The third-order valence-electron chi connectivity index (χ3n) is 5.02. The average molecular weight is 427 g/mol. The Hall–Kier alpha value is -2.27. The first-order valence-corrected chi connectivity index (χ1v) is 11.6. The lowest BCUT2D eigenvalue weighted by atomic mass is 10.1. The van der Waals surface area contributed by atoms with Gasteiger partial charge in [-0.2, -0.15) is 0 Å². The van der Waals surface area contributed by atoms with Crippen molar-refractivity contribution in [3.05, 3.63) is 65.2 Å². The third-order valence-corrected chi connectivity index (χ3v) is 6.04. The summed E-state index contributed by atoms with van der Waals surface area (Å²) in [5.74, 6) is 0.623. The van der Waals surface area contributed by atoms with Crippen LogP contribution in [0.4, 0.5) is 0 Å². The van der Waals surface area contributed by atoms with Gasteiger partial charge in [0, 0.05) is 29.7 Å². The maximum absolute atomic E-state index is 13.2. The number of rotatable bonds is 10. The number of carbonyl (C=O) groups excluding carboxylic acids is 2. The Balaban J connectivity index is 2.13. The Labute approximate surface area is 185 Å². The highest BCUT2D eigenvalue weighted by Crippen LogP contribution is 2.21. The highest BCUT2D eigenvalue weighted by atomic mass is 32.2. The van der Waals surface area contributed by atoms with Crippen LogP contribution in [0.2, 0.25) is 0 Å². The molecule has 0 radical (unpaired) electrons.